The standard InChI is InChI=1S/C24H30N2O6/c1-15-17-11-22(32-9-5-8-30-3)16(14-31-4)10-18(17)20-12-21(27)19(23(28)29)13-25(20)26(15)24(2)6-7-24/h10-13,15H,5-9,14H2,1-4H3,(H,28,29). The van der Waals surface area contributed by atoms with Gasteiger partial charge in [-0.2, -0.15) is 0 Å². The second-order valence-corrected chi connectivity index (χ2v) is 8.78. The van der Waals surface area contributed by atoms with Crippen molar-refractivity contribution in [3.63, 3.8) is 0 Å². The van der Waals surface area contributed by atoms with Crippen molar-refractivity contribution < 1.29 is 24.1 Å². The molecule has 0 amide bonds. The topological polar surface area (TPSA) is 90.2 Å². The number of pyridine rings is 1. The molecular weight excluding hydrogens is 412 g/mol. The Morgan fingerprint density at radius 3 is 2.56 bits per heavy atom. The molecular formula is C24H30N2O6. The molecule has 1 unspecified atom stereocenters. The predicted octanol–water partition coefficient (Wildman–Crippen LogP) is 3.34. The van der Waals surface area contributed by atoms with Crippen molar-refractivity contribution in [1.82, 2.24) is 4.68 Å². The number of hydrogen-bond donors (Lipinski definition) is 1. The fourth-order valence-electron chi connectivity index (χ4n) is 4.52. The van der Waals surface area contributed by atoms with Crippen molar-refractivity contribution in [2.45, 2.75) is 51.3 Å². The number of benzene rings is 1. The zero-order valence-electron chi connectivity index (χ0n) is 19.0. The monoisotopic (exact) mass is 442 g/mol. The number of aromatic nitrogens is 1. The number of fused-ring (bicyclic) bond motifs is 3. The van der Waals surface area contributed by atoms with Gasteiger partial charge in [0.2, 0.25) is 0 Å². The summed E-state index contributed by atoms with van der Waals surface area (Å²) >= 11 is 0. The van der Waals surface area contributed by atoms with E-state index in [9.17, 15) is 14.7 Å². The van der Waals surface area contributed by atoms with E-state index in [2.05, 4.69) is 18.9 Å². The van der Waals surface area contributed by atoms with Crippen LogP contribution in [0.2, 0.25) is 0 Å². The molecule has 0 bridgehead atoms. The first-order chi connectivity index (χ1) is 15.3. The third-order valence-electron chi connectivity index (χ3n) is 6.40. The van der Waals surface area contributed by atoms with Crippen LogP contribution < -0.4 is 15.2 Å². The van der Waals surface area contributed by atoms with Gasteiger partial charge in [0.05, 0.1) is 30.5 Å². The lowest BCUT2D eigenvalue weighted by atomic mass is 9.92. The second-order valence-electron chi connectivity index (χ2n) is 8.78. The number of ether oxygens (including phenoxy) is 3. The smallest absolute Gasteiger partial charge is 0.341 e. The van der Waals surface area contributed by atoms with Gasteiger partial charge in [0.1, 0.15) is 11.3 Å². The van der Waals surface area contributed by atoms with Crippen molar-refractivity contribution in [3.8, 4) is 17.0 Å². The van der Waals surface area contributed by atoms with Crippen molar-refractivity contribution in [1.29, 1.82) is 0 Å². The summed E-state index contributed by atoms with van der Waals surface area (Å²) in [6, 6.07) is 5.44. The van der Waals surface area contributed by atoms with Crippen molar-refractivity contribution >= 4 is 5.97 Å². The highest BCUT2D eigenvalue weighted by molar-refractivity contribution is 5.88. The zero-order valence-corrected chi connectivity index (χ0v) is 19.0. The maximum atomic E-state index is 12.6. The van der Waals surface area contributed by atoms with Crippen LogP contribution in [0, 0.1) is 0 Å². The van der Waals surface area contributed by atoms with E-state index in [1.165, 1.54) is 12.3 Å². The highest BCUT2D eigenvalue weighted by atomic mass is 16.5. The first-order valence-electron chi connectivity index (χ1n) is 10.9. The molecule has 0 saturated heterocycles. The van der Waals surface area contributed by atoms with Crippen LogP contribution in [0.15, 0.2) is 29.2 Å². The van der Waals surface area contributed by atoms with Crippen molar-refractivity contribution in [3.05, 3.63) is 51.3 Å². The molecule has 172 valence electrons. The number of nitrogens with zero attached hydrogens (tertiary/aromatic N) is 2. The number of carbonyl (C=O) groups is 1. The summed E-state index contributed by atoms with van der Waals surface area (Å²) in [6.45, 7) is 5.78. The van der Waals surface area contributed by atoms with Crippen LogP contribution in [-0.2, 0) is 16.1 Å². The van der Waals surface area contributed by atoms with E-state index in [1.54, 1.807) is 14.2 Å². The van der Waals surface area contributed by atoms with Gasteiger partial charge >= 0.3 is 5.97 Å². The highest BCUT2D eigenvalue weighted by Gasteiger charge is 2.48. The van der Waals surface area contributed by atoms with Gasteiger partial charge in [-0.25, -0.2) is 4.79 Å². The van der Waals surface area contributed by atoms with E-state index in [0.717, 1.165) is 41.7 Å². The van der Waals surface area contributed by atoms with E-state index >= 15 is 0 Å². The number of aromatic carboxylic acids is 1. The molecule has 1 saturated carbocycles. The molecule has 8 heteroatoms. The normalized spacial score (nSPS) is 18.1. The van der Waals surface area contributed by atoms with Crippen LogP contribution in [0.3, 0.4) is 0 Å². The fraction of sp³-hybridized carbons (Fsp3) is 0.500. The van der Waals surface area contributed by atoms with Crippen molar-refractivity contribution in [2.75, 3.05) is 32.4 Å². The molecule has 32 heavy (non-hydrogen) atoms. The molecule has 1 aromatic carbocycles. The van der Waals surface area contributed by atoms with E-state index in [0.29, 0.717) is 25.5 Å². The maximum Gasteiger partial charge on any atom is 0.341 e. The van der Waals surface area contributed by atoms with Gasteiger partial charge in [-0.05, 0) is 44.4 Å². The molecule has 1 aliphatic carbocycles. The Hall–Kier alpha value is -2.84. The second kappa shape index (κ2) is 8.60. The number of rotatable bonds is 9. The summed E-state index contributed by atoms with van der Waals surface area (Å²) in [5, 5.41) is 11.7. The minimum atomic E-state index is -1.22. The molecule has 2 aliphatic rings. The van der Waals surface area contributed by atoms with Gasteiger partial charge in [0.15, 0.2) is 5.43 Å². The zero-order chi connectivity index (χ0) is 23.0. The van der Waals surface area contributed by atoms with Gasteiger partial charge in [-0.3, -0.25) is 14.5 Å². The molecule has 8 nitrogen and oxygen atoms in total. The molecule has 1 aliphatic heterocycles. The first kappa shape index (κ1) is 22.4. The molecule has 2 aromatic rings. The average Bonchev–Trinajstić information content (AvgIpc) is 3.49. The summed E-state index contributed by atoms with van der Waals surface area (Å²) in [5.41, 5.74) is 2.67. The van der Waals surface area contributed by atoms with E-state index in [-0.39, 0.29) is 17.1 Å². The van der Waals surface area contributed by atoms with Crippen molar-refractivity contribution in [2.24, 2.45) is 0 Å². The number of hydrogen-bond acceptors (Lipinski definition) is 6. The lowest BCUT2D eigenvalue weighted by Gasteiger charge is -2.44. The number of carboxylic acids is 1. The van der Waals surface area contributed by atoms with Gasteiger partial charge in [-0.1, -0.05) is 0 Å². The van der Waals surface area contributed by atoms with Gasteiger partial charge in [0, 0.05) is 50.6 Å². The Bertz CT molecular complexity index is 1090. The third-order valence-corrected chi connectivity index (χ3v) is 6.40. The number of methoxy groups -OCH3 is 2. The molecule has 4 rings (SSSR count). The van der Waals surface area contributed by atoms with Gasteiger partial charge in [-0.15, -0.1) is 0 Å². The Balaban J connectivity index is 1.87. The quantitative estimate of drug-likeness (QED) is 0.596. The van der Waals surface area contributed by atoms with E-state index < -0.39 is 11.4 Å². The molecule has 1 fully saturated rings. The molecule has 1 atom stereocenters. The molecule has 0 spiro atoms. The summed E-state index contributed by atoms with van der Waals surface area (Å²) in [5.74, 6) is -0.461. The largest absolute Gasteiger partial charge is 0.493 e. The minimum absolute atomic E-state index is 0.0351. The van der Waals surface area contributed by atoms with Gasteiger partial charge in [0.25, 0.3) is 0 Å². The number of carboxylic acid groups (broad SMARTS) is 1. The maximum absolute atomic E-state index is 12.6. The Morgan fingerprint density at radius 1 is 1.19 bits per heavy atom. The van der Waals surface area contributed by atoms with Crippen LogP contribution in [0.5, 0.6) is 5.75 Å². The van der Waals surface area contributed by atoms with Crippen LogP contribution >= 0.6 is 0 Å². The van der Waals surface area contributed by atoms with Crippen LogP contribution in [0.25, 0.3) is 11.3 Å². The lowest BCUT2D eigenvalue weighted by molar-refractivity contribution is 0.0694. The fourth-order valence-corrected chi connectivity index (χ4v) is 4.52. The Labute approximate surface area is 187 Å². The van der Waals surface area contributed by atoms with Crippen LogP contribution in [-0.4, -0.2) is 48.7 Å². The van der Waals surface area contributed by atoms with Crippen LogP contribution in [0.1, 0.15) is 60.6 Å². The molecule has 1 aromatic heterocycles. The SMILES string of the molecule is COCCCOc1cc2c(cc1COC)-c1cc(=O)c(C(=O)O)cn1N(C1(C)CC1)C2C. The Kier molecular flexibility index (Phi) is 6.01. The minimum Gasteiger partial charge on any atom is -0.493 e. The Morgan fingerprint density at radius 2 is 1.94 bits per heavy atom. The highest BCUT2D eigenvalue weighted by Crippen LogP contribution is 2.49. The van der Waals surface area contributed by atoms with E-state index in [4.69, 9.17) is 14.2 Å². The first-order valence-corrected chi connectivity index (χ1v) is 10.9. The van der Waals surface area contributed by atoms with E-state index in [1.807, 2.05) is 16.8 Å². The van der Waals surface area contributed by atoms with Crippen LogP contribution in [0.4, 0.5) is 0 Å². The molecule has 2 heterocycles. The summed E-state index contributed by atoms with van der Waals surface area (Å²) < 4.78 is 18.5. The van der Waals surface area contributed by atoms with Gasteiger partial charge < -0.3 is 19.3 Å². The summed E-state index contributed by atoms with van der Waals surface area (Å²) in [4.78, 5) is 24.3. The molecule has 1 N–H and O–H groups in total. The average molecular weight is 443 g/mol. The lowest BCUT2D eigenvalue weighted by Crippen LogP contribution is -2.49. The summed E-state index contributed by atoms with van der Waals surface area (Å²) in [7, 11) is 3.29. The predicted molar refractivity (Wildman–Crippen MR) is 120 cm³/mol. The summed E-state index contributed by atoms with van der Waals surface area (Å²) in [6.07, 6.45) is 4.25. The third kappa shape index (κ3) is 3.89. The molecule has 0 radical (unpaired) electrons.